The molecule has 0 amide bonds. The molecule has 0 aliphatic heterocycles. The van der Waals surface area contributed by atoms with Crippen molar-refractivity contribution in [1.29, 1.82) is 0 Å². The Kier molecular flexibility index (Phi) is 4.87. The zero-order chi connectivity index (χ0) is 18.9. The number of benzene rings is 1. The van der Waals surface area contributed by atoms with E-state index in [1.54, 1.807) is 23.1 Å². The lowest BCUT2D eigenvalue weighted by atomic mass is 10.2. The number of hydrogen-bond acceptors (Lipinski definition) is 8. The Labute approximate surface area is 173 Å². The van der Waals surface area contributed by atoms with Crippen molar-refractivity contribution in [2.24, 2.45) is 0 Å². The highest BCUT2D eigenvalue weighted by Crippen LogP contribution is 2.35. The Balaban J connectivity index is 1.25. The van der Waals surface area contributed by atoms with Crippen molar-refractivity contribution in [3.63, 3.8) is 0 Å². The summed E-state index contributed by atoms with van der Waals surface area (Å²) in [5.74, 6) is 1.26. The van der Waals surface area contributed by atoms with Crippen molar-refractivity contribution >= 4 is 49.8 Å². The predicted molar refractivity (Wildman–Crippen MR) is 116 cm³/mol. The number of aromatic amines is 1. The first kappa shape index (κ1) is 17.8. The Hall–Kier alpha value is -2.23. The van der Waals surface area contributed by atoms with Crippen molar-refractivity contribution in [3.05, 3.63) is 62.5 Å². The molecule has 1 aliphatic rings. The summed E-state index contributed by atoms with van der Waals surface area (Å²) in [6.07, 6.45) is 3.22. The molecule has 2 N–H and O–H groups in total. The first-order valence-corrected chi connectivity index (χ1v) is 11.7. The second-order valence-corrected chi connectivity index (χ2v) is 9.83. The summed E-state index contributed by atoms with van der Waals surface area (Å²) in [6, 6.07) is 10.2. The fourth-order valence-electron chi connectivity index (χ4n) is 3.36. The first-order chi connectivity index (χ1) is 13.8. The zero-order valence-corrected chi connectivity index (χ0v) is 17.3. The molecule has 3 heterocycles. The van der Waals surface area contributed by atoms with Crippen LogP contribution < -0.4 is 10.9 Å². The van der Waals surface area contributed by atoms with Gasteiger partial charge in [-0.25, -0.2) is 4.98 Å². The molecule has 142 valence electrons. The van der Waals surface area contributed by atoms with E-state index < -0.39 is 0 Å². The minimum Gasteiger partial charge on any atom is -0.356 e. The SMILES string of the molecule is O=c1[nH]c(CSc2nnc(NCc3ccccc3)s2)nc2sc3c(c12)CCC3. The van der Waals surface area contributed by atoms with Gasteiger partial charge in [-0.05, 0) is 30.4 Å². The normalized spacial score (nSPS) is 13.1. The average Bonchev–Trinajstić information content (AvgIpc) is 3.41. The van der Waals surface area contributed by atoms with Gasteiger partial charge < -0.3 is 10.3 Å². The number of rotatable bonds is 6. The number of anilines is 1. The molecule has 0 saturated heterocycles. The summed E-state index contributed by atoms with van der Waals surface area (Å²) in [6.45, 7) is 0.717. The first-order valence-electron chi connectivity index (χ1n) is 9.04. The molecule has 28 heavy (non-hydrogen) atoms. The highest BCUT2D eigenvalue weighted by molar-refractivity contribution is 8.00. The molecule has 0 radical (unpaired) electrons. The van der Waals surface area contributed by atoms with E-state index in [0.717, 1.165) is 39.0 Å². The van der Waals surface area contributed by atoms with Crippen LogP contribution in [-0.2, 0) is 25.1 Å². The summed E-state index contributed by atoms with van der Waals surface area (Å²) in [7, 11) is 0. The van der Waals surface area contributed by atoms with Gasteiger partial charge in [0.2, 0.25) is 5.13 Å². The maximum atomic E-state index is 12.5. The third kappa shape index (κ3) is 3.57. The molecule has 0 atom stereocenters. The Morgan fingerprint density at radius 3 is 2.93 bits per heavy atom. The van der Waals surface area contributed by atoms with E-state index in [0.29, 0.717) is 18.1 Å². The van der Waals surface area contributed by atoms with Gasteiger partial charge in [0.25, 0.3) is 5.56 Å². The van der Waals surface area contributed by atoms with Crippen molar-refractivity contribution in [2.75, 3.05) is 5.32 Å². The lowest BCUT2D eigenvalue weighted by Gasteiger charge is -2.01. The van der Waals surface area contributed by atoms with Crippen LogP contribution >= 0.6 is 34.4 Å². The van der Waals surface area contributed by atoms with Gasteiger partial charge in [-0.1, -0.05) is 53.4 Å². The molecule has 6 nitrogen and oxygen atoms in total. The van der Waals surface area contributed by atoms with Crippen LogP contribution in [0.25, 0.3) is 10.2 Å². The highest BCUT2D eigenvalue weighted by Gasteiger charge is 2.21. The summed E-state index contributed by atoms with van der Waals surface area (Å²) in [5, 5.41) is 13.3. The molecular weight excluding hydrogens is 410 g/mol. The van der Waals surface area contributed by atoms with Crippen LogP contribution in [0.3, 0.4) is 0 Å². The van der Waals surface area contributed by atoms with Crippen LogP contribution in [0.4, 0.5) is 5.13 Å². The van der Waals surface area contributed by atoms with Crippen molar-refractivity contribution in [1.82, 2.24) is 20.2 Å². The van der Waals surface area contributed by atoms with E-state index in [1.165, 1.54) is 27.3 Å². The van der Waals surface area contributed by atoms with Crippen molar-refractivity contribution in [2.45, 2.75) is 35.9 Å². The summed E-state index contributed by atoms with van der Waals surface area (Å²) >= 11 is 4.72. The molecule has 0 unspecified atom stereocenters. The van der Waals surface area contributed by atoms with Crippen molar-refractivity contribution in [3.8, 4) is 0 Å². The number of fused-ring (bicyclic) bond motifs is 3. The lowest BCUT2D eigenvalue weighted by molar-refractivity contribution is 0.916. The molecule has 0 spiro atoms. The highest BCUT2D eigenvalue weighted by atomic mass is 32.2. The molecule has 0 fully saturated rings. The Morgan fingerprint density at radius 2 is 2.04 bits per heavy atom. The van der Waals surface area contributed by atoms with Gasteiger partial charge in [0, 0.05) is 11.4 Å². The second kappa shape index (κ2) is 7.65. The maximum Gasteiger partial charge on any atom is 0.259 e. The predicted octanol–water partition coefficient (Wildman–Crippen LogP) is 4.23. The minimum atomic E-state index is -0.0116. The van der Waals surface area contributed by atoms with Gasteiger partial charge in [0.15, 0.2) is 4.34 Å². The molecule has 9 heteroatoms. The minimum absolute atomic E-state index is 0.0116. The van der Waals surface area contributed by atoms with E-state index in [9.17, 15) is 4.79 Å². The Morgan fingerprint density at radius 1 is 1.14 bits per heavy atom. The smallest absolute Gasteiger partial charge is 0.259 e. The largest absolute Gasteiger partial charge is 0.356 e. The van der Waals surface area contributed by atoms with Crippen LogP contribution in [0.5, 0.6) is 0 Å². The zero-order valence-electron chi connectivity index (χ0n) is 14.9. The Bertz CT molecular complexity index is 1180. The summed E-state index contributed by atoms with van der Waals surface area (Å²) < 4.78 is 0.854. The lowest BCUT2D eigenvalue weighted by Crippen LogP contribution is -2.11. The van der Waals surface area contributed by atoms with E-state index in [1.807, 2.05) is 18.2 Å². The molecule has 0 bridgehead atoms. The van der Waals surface area contributed by atoms with Gasteiger partial charge in [-0.15, -0.1) is 21.5 Å². The molecule has 5 rings (SSSR count). The second-order valence-electron chi connectivity index (χ2n) is 6.55. The van der Waals surface area contributed by atoms with Gasteiger partial charge in [0.05, 0.1) is 11.1 Å². The third-order valence-corrected chi connectivity index (χ3v) is 7.86. The van der Waals surface area contributed by atoms with Gasteiger partial charge >= 0.3 is 0 Å². The van der Waals surface area contributed by atoms with E-state index >= 15 is 0 Å². The number of aromatic nitrogens is 4. The standard InChI is InChI=1S/C19H17N5OS3/c25-16-15-12-7-4-8-13(12)27-17(15)22-14(21-16)10-26-19-24-23-18(28-19)20-9-11-5-2-1-3-6-11/h1-3,5-6H,4,7-10H2,(H,20,23)(H,21,22,25). The number of aryl methyl sites for hydroxylation is 2. The third-order valence-electron chi connectivity index (χ3n) is 4.65. The molecule has 3 aromatic heterocycles. The van der Waals surface area contributed by atoms with Gasteiger partial charge in [-0.2, -0.15) is 0 Å². The number of nitrogens with one attached hydrogen (secondary N) is 2. The van der Waals surface area contributed by atoms with E-state index in [2.05, 4.69) is 37.6 Å². The number of thiophene rings is 1. The number of hydrogen-bond donors (Lipinski definition) is 2. The monoisotopic (exact) mass is 427 g/mol. The van der Waals surface area contributed by atoms with Crippen LogP contribution in [-0.4, -0.2) is 20.2 Å². The van der Waals surface area contributed by atoms with Crippen LogP contribution in [0.2, 0.25) is 0 Å². The maximum absolute atomic E-state index is 12.5. The van der Waals surface area contributed by atoms with Crippen LogP contribution in [0.1, 0.15) is 28.2 Å². The van der Waals surface area contributed by atoms with E-state index in [4.69, 9.17) is 0 Å². The summed E-state index contributed by atoms with van der Waals surface area (Å²) in [5.41, 5.74) is 2.40. The van der Waals surface area contributed by atoms with Gasteiger partial charge in [0.1, 0.15) is 10.7 Å². The molecule has 1 aliphatic carbocycles. The molecule has 0 saturated carbocycles. The van der Waals surface area contributed by atoms with Crippen LogP contribution in [0.15, 0.2) is 39.5 Å². The topological polar surface area (TPSA) is 83.6 Å². The number of H-pyrrole nitrogens is 1. The number of thioether (sulfide) groups is 1. The fourth-order valence-corrected chi connectivity index (χ4v) is 6.26. The van der Waals surface area contributed by atoms with Crippen LogP contribution in [0, 0.1) is 0 Å². The average molecular weight is 428 g/mol. The number of nitrogens with zero attached hydrogens (tertiary/aromatic N) is 3. The molecule has 1 aromatic carbocycles. The quantitative estimate of drug-likeness (QED) is 0.448. The van der Waals surface area contributed by atoms with Crippen molar-refractivity contribution < 1.29 is 0 Å². The molecule has 4 aromatic rings. The van der Waals surface area contributed by atoms with Gasteiger partial charge in [-0.3, -0.25) is 4.79 Å². The fraction of sp³-hybridized carbons (Fsp3) is 0.263. The van der Waals surface area contributed by atoms with E-state index in [-0.39, 0.29) is 5.56 Å². The summed E-state index contributed by atoms with van der Waals surface area (Å²) in [4.78, 5) is 22.3. The molecular formula is C19H17N5OS3.